The summed E-state index contributed by atoms with van der Waals surface area (Å²) in [6.45, 7) is 6.31. The number of rotatable bonds is 10. The summed E-state index contributed by atoms with van der Waals surface area (Å²) in [6, 6.07) is 34.2. The number of aromatic nitrogens is 1. The Kier molecular flexibility index (Phi) is 14.1. The van der Waals surface area contributed by atoms with Gasteiger partial charge in [-0.05, 0) is 63.9 Å². The largest absolute Gasteiger partial charge is 1.00 e. The molecule has 0 saturated heterocycles. The zero-order valence-electron chi connectivity index (χ0n) is 28.3. The number of hydrogen-bond acceptors (Lipinski definition) is 8. The average Bonchev–Trinajstić information content (AvgIpc) is 3.58. The van der Waals surface area contributed by atoms with Gasteiger partial charge in [0.15, 0.2) is 9.84 Å². The standard InChI is InChI=1S/C24H28N2O5S.C13H12O2S.Na/c1-24(2,3)20-10-8-18(9-11-20)21(22-12-14-31-26-22)16-17-4-6-19(7-5-17)23(27)25-13-15-32(28,29)30;1-16(14,15)13-9-7-12(8-10-13)11-5-3-2-4-6-11;/h4-12,14,21H,13,15-16H2,1-3H3,(H,25,27)(H,28,29,30);2-10H,1H3;/q;;+1/p-1. The third-order valence-corrected chi connectivity index (χ3v) is 9.51. The first-order chi connectivity index (χ1) is 22.6. The van der Waals surface area contributed by atoms with Gasteiger partial charge in [-0.15, -0.1) is 0 Å². The molecule has 1 aromatic heterocycles. The van der Waals surface area contributed by atoms with Crippen molar-refractivity contribution >= 4 is 25.9 Å². The number of benzene rings is 4. The Morgan fingerprint density at radius 1 is 0.816 bits per heavy atom. The van der Waals surface area contributed by atoms with Crippen LogP contribution in [0.5, 0.6) is 0 Å². The van der Waals surface area contributed by atoms with Crippen molar-refractivity contribution in [2.45, 2.75) is 43.4 Å². The summed E-state index contributed by atoms with van der Waals surface area (Å²) in [5, 5.41) is 6.59. The summed E-state index contributed by atoms with van der Waals surface area (Å²) in [5.41, 5.74) is 6.77. The second kappa shape index (κ2) is 17.4. The molecule has 0 aliphatic heterocycles. The molecule has 4 aromatic carbocycles. The van der Waals surface area contributed by atoms with Gasteiger partial charge in [0.25, 0.3) is 5.91 Å². The van der Waals surface area contributed by atoms with Crippen LogP contribution in [0.1, 0.15) is 59.4 Å². The minimum atomic E-state index is -4.36. The molecule has 0 aliphatic rings. The number of sulfone groups is 1. The van der Waals surface area contributed by atoms with Crippen molar-refractivity contribution in [1.29, 1.82) is 0 Å². The summed E-state index contributed by atoms with van der Waals surface area (Å²) in [5.74, 6) is -1.07. The van der Waals surface area contributed by atoms with Crippen LogP contribution < -0.4 is 34.9 Å². The van der Waals surface area contributed by atoms with Crippen LogP contribution in [0.15, 0.2) is 125 Å². The first-order valence-corrected chi connectivity index (χ1v) is 18.7. The van der Waals surface area contributed by atoms with Crippen LogP contribution >= 0.6 is 0 Å². The number of hydrogen-bond donors (Lipinski definition) is 1. The molecule has 0 bridgehead atoms. The zero-order valence-corrected chi connectivity index (χ0v) is 31.9. The molecule has 0 aliphatic carbocycles. The van der Waals surface area contributed by atoms with Crippen LogP contribution in [0.4, 0.5) is 0 Å². The van der Waals surface area contributed by atoms with E-state index in [2.05, 4.69) is 55.5 Å². The Bertz CT molecular complexity index is 1990. The van der Waals surface area contributed by atoms with Crippen LogP contribution in [0.3, 0.4) is 0 Å². The zero-order chi connectivity index (χ0) is 35.0. The first-order valence-electron chi connectivity index (χ1n) is 15.3. The van der Waals surface area contributed by atoms with Crippen molar-refractivity contribution in [3.05, 3.63) is 143 Å². The number of carbonyl (C=O) groups excluding carboxylic acids is 1. The maximum absolute atomic E-state index is 12.2. The molecule has 0 radical (unpaired) electrons. The molecule has 1 amide bonds. The van der Waals surface area contributed by atoms with Gasteiger partial charge in [-0.25, -0.2) is 16.8 Å². The van der Waals surface area contributed by atoms with E-state index < -0.39 is 31.6 Å². The maximum atomic E-state index is 12.2. The van der Waals surface area contributed by atoms with Gasteiger partial charge in [0, 0.05) is 30.3 Å². The van der Waals surface area contributed by atoms with Crippen LogP contribution in [-0.4, -0.2) is 51.0 Å². The van der Waals surface area contributed by atoms with Gasteiger partial charge < -0.3 is 14.4 Å². The van der Waals surface area contributed by atoms with Gasteiger partial charge in [0.2, 0.25) is 0 Å². The molecule has 5 rings (SSSR count). The third kappa shape index (κ3) is 12.4. The van der Waals surface area contributed by atoms with E-state index in [-0.39, 0.29) is 47.4 Å². The Balaban J connectivity index is 0.000000321. The van der Waals surface area contributed by atoms with Crippen LogP contribution in [0, 0.1) is 0 Å². The first kappa shape index (κ1) is 39.9. The van der Waals surface area contributed by atoms with Crippen molar-refractivity contribution < 1.29 is 60.3 Å². The van der Waals surface area contributed by atoms with Crippen molar-refractivity contribution in [3.63, 3.8) is 0 Å². The Morgan fingerprint density at radius 2 is 1.41 bits per heavy atom. The van der Waals surface area contributed by atoms with Gasteiger partial charge in [-0.1, -0.05) is 105 Å². The summed E-state index contributed by atoms with van der Waals surface area (Å²) in [6.07, 6.45) is 3.43. The predicted octanol–water partition coefficient (Wildman–Crippen LogP) is 3.38. The van der Waals surface area contributed by atoms with Crippen molar-refractivity contribution in [1.82, 2.24) is 10.5 Å². The van der Waals surface area contributed by atoms with E-state index in [1.54, 1.807) is 30.5 Å². The monoisotopic (exact) mass is 710 g/mol. The maximum Gasteiger partial charge on any atom is 1.00 e. The summed E-state index contributed by atoms with van der Waals surface area (Å²) in [7, 11) is -7.46. The van der Waals surface area contributed by atoms with E-state index in [1.165, 1.54) is 11.8 Å². The second-order valence-electron chi connectivity index (χ2n) is 12.4. The second-order valence-corrected chi connectivity index (χ2v) is 16.0. The van der Waals surface area contributed by atoms with E-state index in [4.69, 9.17) is 4.52 Å². The fourth-order valence-corrected chi connectivity index (χ4v) is 5.94. The number of nitrogens with zero attached hydrogens (tertiary/aromatic N) is 1. The Labute approximate surface area is 311 Å². The molecular weight excluding hydrogens is 672 g/mol. The molecule has 1 heterocycles. The molecule has 5 aromatic rings. The molecule has 0 saturated carbocycles. The SMILES string of the molecule is CC(C)(C)c1ccc(C(Cc2ccc(C(=O)NCCS(=O)(=O)[O-])cc2)c2ccon2)cc1.CS(=O)(=O)c1ccc(-c2ccccc2)cc1.[Na+]. The number of nitrogens with one attached hydrogen (secondary N) is 1. The van der Waals surface area contributed by atoms with Crippen LogP contribution in [0.25, 0.3) is 11.1 Å². The minimum Gasteiger partial charge on any atom is -0.748 e. The average molecular weight is 711 g/mol. The van der Waals surface area contributed by atoms with Gasteiger partial charge in [0.1, 0.15) is 6.26 Å². The normalized spacial score (nSPS) is 12.2. The van der Waals surface area contributed by atoms with E-state index in [0.29, 0.717) is 16.9 Å². The van der Waals surface area contributed by atoms with Gasteiger partial charge in [-0.3, -0.25) is 4.79 Å². The van der Waals surface area contributed by atoms with Gasteiger partial charge in [-0.2, -0.15) is 0 Å². The predicted molar refractivity (Wildman–Crippen MR) is 186 cm³/mol. The fraction of sp³-hybridized carbons (Fsp3) is 0.243. The third-order valence-electron chi connectivity index (χ3n) is 7.68. The van der Waals surface area contributed by atoms with Crippen LogP contribution in [0.2, 0.25) is 0 Å². The molecule has 0 spiro atoms. The molecule has 49 heavy (non-hydrogen) atoms. The topological polar surface area (TPSA) is 146 Å². The summed E-state index contributed by atoms with van der Waals surface area (Å²) >= 11 is 0. The summed E-state index contributed by atoms with van der Waals surface area (Å²) < 4.78 is 59.6. The van der Waals surface area contributed by atoms with E-state index >= 15 is 0 Å². The molecule has 12 heteroatoms. The van der Waals surface area contributed by atoms with Crippen molar-refractivity contribution in [3.8, 4) is 11.1 Å². The molecule has 252 valence electrons. The number of amides is 1. The van der Waals surface area contributed by atoms with E-state index in [9.17, 15) is 26.2 Å². The quantitative estimate of drug-likeness (QED) is 0.172. The Hall–Kier alpha value is -3.58. The molecular formula is C37H39N2NaO7S2. The fourth-order valence-electron chi connectivity index (χ4n) is 4.95. The smallest absolute Gasteiger partial charge is 0.748 e. The molecule has 9 nitrogen and oxygen atoms in total. The van der Waals surface area contributed by atoms with E-state index in [1.807, 2.05) is 60.7 Å². The van der Waals surface area contributed by atoms with Gasteiger partial charge >= 0.3 is 29.6 Å². The number of carbonyl (C=O) groups is 1. The van der Waals surface area contributed by atoms with Crippen LogP contribution in [-0.2, 0) is 31.8 Å². The molecule has 1 N–H and O–H groups in total. The molecule has 1 atom stereocenters. The van der Waals surface area contributed by atoms with Crippen molar-refractivity contribution in [2.24, 2.45) is 0 Å². The van der Waals surface area contributed by atoms with E-state index in [0.717, 1.165) is 27.9 Å². The Morgan fingerprint density at radius 3 is 1.92 bits per heavy atom. The molecule has 0 fully saturated rings. The summed E-state index contributed by atoms with van der Waals surface area (Å²) in [4.78, 5) is 12.5. The molecule has 1 unspecified atom stereocenters. The van der Waals surface area contributed by atoms with Crippen molar-refractivity contribution in [2.75, 3.05) is 18.6 Å². The van der Waals surface area contributed by atoms with Gasteiger partial charge in [0.05, 0.1) is 26.5 Å². The minimum absolute atomic E-state index is 0.